The second-order valence-electron chi connectivity index (χ2n) is 2.68. The molecule has 0 unspecified atom stereocenters. The number of rotatable bonds is 1. The van der Waals surface area contributed by atoms with Crippen molar-refractivity contribution < 1.29 is 15.0 Å². The van der Waals surface area contributed by atoms with Crippen molar-refractivity contribution in [3.63, 3.8) is 0 Å². The second-order valence-corrected chi connectivity index (χ2v) is 2.68. The summed E-state index contributed by atoms with van der Waals surface area (Å²) in [4.78, 5) is 10.7. The monoisotopic (exact) mass is 177 g/mol. The summed E-state index contributed by atoms with van der Waals surface area (Å²) in [6, 6.07) is 6.63. The number of carboxylic acids is 1. The van der Waals surface area contributed by atoms with Crippen LogP contribution in [0.2, 0.25) is 0 Å². The molecule has 13 heavy (non-hydrogen) atoms. The number of aromatic carboxylic acids is 1. The first-order chi connectivity index (χ1) is 6.20. The maximum atomic E-state index is 10.7. The highest BCUT2D eigenvalue weighted by Gasteiger charge is 2.14. The van der Waals surface area contributed by atoms with E-state index in [-0.39, 0.29) is 11.4 Å². The number of aromatic hydroxyl groups is 1. The van der Waals surface area contributed by atoms with Crippen molar-refractivity contribution in [1.82, 2.24) is 4.40 Å². The minimum Gasteiger partial charge on any atom is -0.505 e. The van der Waals surface area contributed by atoms with Crippen LogP contribution in [0.15, 0.2) is 30.5 Å². The molecule has 0 amide bonds. The smallest absolute Gasteiger partial charge is 0.356 e. The molecule has 0 aliphatic rings. The van der Waals surface area contributed by atoms with Crippen LogP contribution in [-0.2, 0) is 0 Å². The predicted molar refractivity (Wildman–Crippen MR) is 46.0 cm³/mol. The minimum atomic E-state index is -1.14. The van der Waals surface area contributed by atoms with Gasteiger partial charge in [-0.25, -0.2) is 4.79 Å². The lowest BCUT2D eigenvalue weighted by atomic mass is 10.4. The highest BCUT2D eigenvalue weighted by atomic mass is 16.4. The van der Waals surface area contributed by atoms with Crippen molar-refractivity contribution in [1.29, 1.82) is 0 Å². The molecule has 0 radical (unpaired) electrons. The van der Waals surface area contributed by atoms with Crippen LogP contribution in [0.25, 0.3) is 5.52 Å². The molecule has 0 saturated heterocycles. The van der Waals surface area contributed by atoms with E-state index in [0.717, 1.165) is 0 Å². The molecule has 0 aliphatic heterocycles. The number of carbonyl (C=O) groups is 1. The minimum absolute atomic E-state index is 0.101. The van der Waals surface area contributed by atoms with Crippen molar-refractivity contribution in [2.24, 2.45) is 0 Å². The molecule has 2 aromatic heterocycles. The van der Waals surface area contributed by atoms with Crippen LogP contribution in [0.1, 0.15) is 10.5 Å². The average molecular weight is 177 g/mol. The summed E-state index contributed by atoms with van der Waals surface area (Å²) in [6.45, 7) is 0. The number of pyridine rings is 1. The van der Waals surface area contributed by atoms with Crippen LogP contribution in [0.3, 0.4) is 0 Å². The molecule has 0 saturated carbocycles. The van der Waals surface area contributed by atoms with E-state index in [1.165, 1.54) is 10.5 Å². The number of hydrogen-bond donors (Lipinski definition) is 2. The molecule has 0 bridgehead atoms. The standard InChI is InChI=1S/C9H7NO3/c11-7-5-6-3-1-2-4-10(6)8(7)9(12)13/h1-5,11H,(H,12,13). The van der Waals surface area contributed by atoms with Crippen molar-refractivity contribution in [3.8, 4) is 5.75 Å². The van der Waals surface area contributed by atoms with Gasteiger partial charge >= 0.3 is 5.97 Å². The first-order valence-corrected chi connectivity index (χ1v) is 3.72. The van der Waals surface area contributed by atoms with Gasteiger partial charge in [0.1, 0.15) is 5.75 Å². The Balaban J connectivity index is 2.86. The number of nitrogens with zero attached hydrogens (tertiary/aromatic N) is 1. The molecule has 0 aliphatic carbocycles. The van der Waals surface area contributed by atoms with Gasteiger partial charge in [0.2, 0.25) is 0 Å². The van der Waals surface area contributed by atoms with Crippen molar-refractivity contribution in [2.45, 2.75) is 0 Å². The zero-order chi connectivity index (χ0) is 9.42. The summed E-state index contributed by atoms with van der Waals surface area (Å²) in [6.07, 6.45) is 1.60. The number of hydrogen-bond acceptors (Lipinski definition) is 2. The molecular formula is C9H7NO3. The Morgan fingerprint density at radius 1 is 1.38 bits per heavy atom. The van der Waals surface area contributed by atoms with Gasteiger partial charge in [-0.15, -0.1) is 0 Å². The topological polar surface area (TPSA) is 61.9 Å². The van der Waals surface area contributed by atoms with Crippen molar-refractivity contribution in [3.05, 3.63) is 36.2 Å². The quantitative estimate of drug-likeness (QED) is 0.691. The third kappa shape index (κ3) is 1.03. The maximum Gasteiger partial charge on any atom is 0.356 e. The Bertz CT molecular complexity index is 473. The molecule has 0 fully saturated rings. The highest BCUT2D eigenvalue weighted by molar-refractivity contribution is 5.91. The predicted octanol–water partition coefficient (Wildman–Crippen LogP) is 1.34. The molecule has 0 aromatic carbocycles. The first kappa shape index (κ1) is 7.67. The summed E-state index contributed by atoms with van der Waals surface area (Å²) < 4.78 is 1.43. The molecule has 2 heterocycles. The lowest BCUT2D eigenvalue weighted by Gasteiger charge is -1.96. The molecule has 4 heteroatoms. The molecule has 0 atom stereocenters. The normalized spacial score (nSPS) is 10.5. The van der Waals surface area contributed by atoms with Gasteiger partial charge in [-0.2, -0.15) is 0 Å². The Kier molecular flexibility index (Phi) is 1.48. The zero-order valence-electron chi connectivity index (χ0n) is 6.64. The fourth-order valence-electron chi connectivity index (χ4n) is 1.32. The van der Waals surface area contributed by atoms with Gasteiger partial charge in [-0.1, -0.05) is 6.07 Å². The molecule has 2 N–H and O–H groups in total. The van der Waals surface area contributed by atoms with Crippen LogP contribution >= 0.6 is 0 Å². The molecule has 2 aromatic rings. The van der Waals surface area contributed by atoms with Gasteiger partial charge in [0.15, 0.2) is 5.69 Å². The van der Waals surface area contributed by atoms with E-state index >= 15 is 0 Å². The Morgan fingerprint density at radius 2 is 2.15 bits per heavy atom. The Hall–Kier alpha value is -1.97. The van der Waals surface area contributed by atoms with E-state index in [1.54, 1.807) is 24.4 Å². The fourth-order valence-corrected chi connectivity index (χ4v) is 1.32. The summed E-state index contributed by atoms with van der Waals surface area (Å²) in [5.41, 5.74) is 0.563. The zero-order valence-corrected chi connectivity index (χ0v) is 6.64. The number of fused-ring (bicyclic) bond motifs is 1. The van der Waals surface area contributed by atoms with E-state index in [1.807, 2.05) is 0 Å². The number of carboxylic acid groups (broad SMARTS) is 1. The number of aromatic nitrogens is 1. The van der Waals surface area contributed by atoms with E-state index in [2.05, 4.69) is 0 Å². The van der Waals surface area contributed by atoms with Crippen LogP contribution in [0, 0.1) is 0 Å². The maximum absolute atomic E-state index is 10.7. The van der Waals surface area contributed by atoms with E-state index in [0.29, 0.717) is 5.52 Å². The van der Waals surface area contributed by atoms with E-state index in [9.17, 15) is 9.90 Å². The highest BCUT2D eigenvalue weighted by Crippen LogP contribution is 2.22. The lowest BCUT2D eigenvalue weighted by Crippen LogP contribution is -2.01. The summed E-state index contributed by atoms with van der Waals surface area (Å²) in [7, 11) is 0. The largest absolute Gasteiger partial charge is 0.505 e. The Morgan fingerprint density at radius 3 is 2.85 bits per heavy atom. The van der Waals surface area contributed by atoms with Crippen molar-refractivity contribution in [2.75, 3.05) is 0 Å². The fraction of sp³-hybridized carbons (Fsp3) is 0. The molecular weight excluding hydrogens is 170 g/mol. The van der Waals surface area contributed by atoms with Gasteiger partial charge in [0.25, 0.3) is 0 Å². The lowest BCUT2D eigenvalue weighted by molar-refractivity contribution is 0.0686. The van der Waals surface area contributed by atoms with Gasteiger partial charge in [-0.3, -0.25) is 0 Å². The van der Waals surface area contributed by atoms with Gasteiger partial charge in [0.05, 0.1) is 0 Å². The molecule has 2 rings (SSSR count). The van der Waals surface area contributed by atoms with Crippen LogP contribution in [-0.4, -0.2) is 20.6 Å². The van der Waals surface area contributed by atoms with Gasteiger partial charge in [0, 0.05) is 17.8 Å². The Labute approximate surface area is 73.7 Å². The molecule has 4 nitrogen and oxygen atoms in total. The third-order valence-electron chi connectivity index (χ3n) is 1.86. The van der Waals surface area contributed by atoms with Gasteiger partial charge in [-0.05, 0) is 12.1 Å². The van der Waals surface area contributed by atoms with Crippen LogP contribution in [0.4, 0.5) is 0 Å². The SMILES string of the molecule is O=C(O)c1c(O)cc2ccccn12. The summed E-state index contributed by atoms with van der Waals surface area (Å²) >= 11 is 0. The van der Waals surface area contributed by atoms with Crippen LogP contribution < -0.4 is 0 Å². The van der Waals surface area contributed by atoms with Crippen LogP contribution in [0.5, 0.6) is 5.75 Å². The molecule has 0 spiro atoms. The van der Waals surface area contributed by atoms with Gasteiger partial charge < -0.3 is 14.6 Å². The second kappa shape index (κ2) is 2.52. The summed E-state index contributed by atoms with van der Waals surface area (Å²) in [5.74, 6) is -1.34. The third-order valence-corrected chi connectivity index (χ3v) is 1.86. The van der Waals surface area contributed by atoms with E-state index in [4.69, 9.17) is 5.11 Å². The summed E-state index contributed by atoms with van der Waals surface area (Å²) in [5, 5.41) is 18.1. The average Bonchev–Trinajstić information content (AvgIpc) is 2.39. The van der Waals surface area contributed by atoms with E-state index < -0.39 is 5.97 Å². The first-order valence-electron chi connectivity index (χ1n) is 3.72. The molecule has 66 valence electrons. The van der Waals surface area contributed by atoms with Crippen molar-refractivity contribution >= 4 is 11.5 Å².